The lowest BCUT2D eigenvalue weighted by Gasteiger charge is -2.56. The fourth-order valence-electron chi connectivity index (χ4n) is 6.96. The molecular formula is C23H31Cl2N3O3S. The number of carbonyl (C=O) groups is 1. The second-order valence-corrected chi connectivity index (χ2v) is 13.2. The minimum atomic E-state index is -3.65. The van der Waals surface area contributed by atoms with Gasteiger partial charge in [0.1, 0.15) is 4.90 Å². The van der Waals surface area contributed by atoms with Gasteiger partial charge < -0.3 is 10.6 Å². The molecular weight excluding hydrogens is 469 g/mol. The van der Waals surface area contributed by atoms with E-state index in [9.17, 15) is 13.2 Å². The summed E-state index contributed by atoms with van der Waals surface area (Å²) < 4.78 is 27.4. The summed E-state index contributed by atoms with van der Waals surface area (Å²) in [6, 6.07) is 4.40. The number of sulfonamides is 1. The molecule has 0 spiro atoms. The highest BCUT2D eigenvalue weighted by atomic mass is 35.5. The van der Waals surface area contributed by atoms with E-state index in [1.54, 1.807) is 6.07 Å². The van der Waals surface area contributed by atoms with E-state index in [0.717, 1.165) is 37.0 Å². The number of benzene rings is 1. The number of nitrogens with zero attached hydrogens (tertiary/aromatic N) is 1. The van der Waals surface area contributed by atoms with Gasteiger partial charge in [-0.3, -0.25) is 0 Å². The van der Waals surface area contributed by atoms with E-state index in [2.05, 4.69) is 10.6 Å². The summed E-state index contributed by atoms with van der Waals surface area (Å²) in [6.45, 7) is 1.42. The summed E-state index contributed by atoms with van der Waals surface area (Å²) in [6.07, 6.45) is 8.88. The largest absolute Gasteiger partial charge is 0.338 e. The van der Waals surface area contributed by atoms with Crippen LogP contribution in [-0.2, 0) is 10.0 Å². The Labute approximate surface area is 200 Å². The van der Waals surface area contributed by atoms with Gasteiger partial charge in [0.15, 0.2) is 0 Å². The van der Waals surface area contributed by atoms with Crippen LogP contribution in [0.1, 0.15) is 51.4 Å². The van der Waals surface area contributed by atoms with E-state index in [1.807, 2.05) is 0 Å². The summed E-state index contributed by atoms with van der Waals surface area (Å²) in [5.74, 6) is 2.65. The van der Waals surface area contributed by atoms with Gasteiger partial charge in [0, 0.05) is 30.2 Å². The maximum Gasteiger partial charge on any atom is 0.315 e. The first-order chi connectivity index (χ1) is 15.2. The van der Waals surface area contributed by atoms with Gasteiger partial charge in [0.2, 0.25) is 10.0 Å². The number of rotatable bonds is 5. The number of carbonyl (C=O) groups excluding carboxylic acids is 1. The number of nitrogens with one attached hydrogen (secondary N) is 2. The highest BCUT2D eigenvalue weighted by Crippen LogP contribution is 2.55. The molecule has 5 aliphatic rings. The van der Waals surface area contributed by atoms with Gasteiger partial charge in [-0.25, -0.2) is 13.2 Å². The fraction of sp³-hybridized carbons (Fsp3) is 0.696. The molecule has 6 rings (SSSR count). The molecule has 4 aliphatic carbocycles. The van der Waals surface area contributed by atoms with E-state index in [4.69, 9.17) is 23.2 Å². The van der Waals surface area contributed by atoms with Crippen LogP contribution < -0.4 is 10.6 Å². The molecule has 1 saturated heterocycles. The zero-order chi connectivity index (χ0) is 22.5. The van der Waals surface area contributed by atoms with Crippen molar-refractivity contribution in [3.05, 3.63) is 28.2 Å². The molecule has 2 N–H and O–H groups in total. The van der Waals surface area contributed by atoms with Crippen LogP contribution in [0.2, 0.25) is 10.0 Å². The number of hydrogen-bond acceptors (Lipinski definition) is 3. The first-order valence-corrected chi connectivity index (χ1v) is 13.9. The molecule has 1 aromatic carbocycles. The summed E-state index contributed by atoms with van der Waals surface area (Å²) in [4.78, 5) is 12.8. The molecule has 4 saturated carbocycles. The molecule has 9 heteroatoms. The molecule has 0 atom stereocenters. The van der Waals surface area contributed by atoms with E-state index < -0.39 is 10.0 Å². The van der Waals surface area contributed by atoms with Gasteiger partial charge in [-0.1, -0.05) is 23.2 Å². The highest BCUT2D eigenvalue weighted by Gasteiger charge is 2.51. The predicted molar refractivity (Wildman–Crippen MR) is 125 cm³/mol. The average Bonchev–Trinajstić information content (AvgIpc) is 2.71. The van der Waals surface area contributed by atoms with Crippen LogP contribution in [0, 0.1) is 23.7 Å². The third kappa shape index (κ3) is 4.50. The summed E-state index contributed by atoms with van der Waals surface area (Å²) >= 11 is 12.0. The topological polar surface area (TPSA) is 78.5 Å². The van der Waals surface area contributed by atoms with Gasteiger partial charge in [-0.2, -0.15) is 4.31 Å². The first-order valence-electron chi connectivity index (χ1n) is 11.7. The van der Waals surface area contributed by atoms with Crippen molar-refractivity contribution in [2.24, 2.45) is 23.7 Å². The van der Waals surface area contributed by atoms with E-state index >= 15 is 0 Å². The van der Waals surface area contributed by atoms with Crippen LogP contribution in [0.4, 0.5) is 4.79 Å². The van der Waals surface area contributed by atoms with Crippen molar-refractivity contribution in [2.75, 3.05) is 19.6 Å². The third-order valence-electron chi connectivity index (χ3n) is 8.05. The van der Waals surface area contributed by atoms with Crippen molar-refractivity contribution in [3.63, 3.8) is 0 Å². The van der Waals surface area contributed by atoms with Gasteiger partial charge >= 0.3 is 6.03 Å². The molecule has 4 bridgehead atoms. The van der Waals surface area contributed by atoms with Crippen LogP contribution in [0.25, 0.3) is 0 Å². The van der Waals surface area contributed by atoms with Crippen molar-refractivity contribution in [2.45, 2.75) is 61.8 Å². The minimum Gasteiger partial charge on any atom is -0.338 e. The number of hydrogen-bond donors (Lipinski definition) is 2. The van der Waals surface area contributed by atoms with E-state index in [1.165, 1.54) is 35.7 Å². The summed E-state index contributed by atoms with van der Waals surface area (Å²) in [5, 5.41) is 6.97. The van der Waals surface area contributed by atoms with Crippen LogP contribution in [0.15, 0.2) is 23.1 Å². The lowest BCUT2D eigenvalue weighted by molar-refractivity contribution is -0.0135. The number of piperidine rings is 1. The Morgan fingerprint density at radius 1 is 1.03 bits per heavy atom. The lowest BCUT2D eigenvalue weighted by Crippen LogP contribution is -2.61. The van der Waals surface area contributed by atoms with E-state index in [-0.39, 0.29) is 27.4 Å². The van der Waals surface area contributed by atoms with E-state index in [0.29, 0.717) is 37.5 Å². The third-order valence-corrected chi connectivity index (χ3v) is 10.7. The minimum absolute atomic E-state index is 0.00806. The monoisotopic (exact) mass is 499 g/mol. The average molecular weight is 500 g/mol. The molecule has 5 fully saturated rings. The van der Waals surface area contributed by atoms with Crippen molar-refractivity contribution < 1.29 is 13.2 Å². The normalized spacial score (nSPS) is 32.8. The Morgan fingerprint density at radius 2 is 1.62 bits per heavy atom. The Kier molecular flexibility index (Phi) is 6.14. The van der Waals surface area contributed by atoms with Crippen molar-refractivity contribution in [1.82, 2.24) is 14.9 Å². The van der Waals surface area contributed by atoms with Crippen molar-refractivity contribution in [3.8, 4) is 0 Å². The smallest absolute Gasteiger partial charge is 0.315 e. The van der Waals surface area contributed by atoms with Crippen molar-refractivity contribution >= 4 is 39.3 Å². The molecule has 2 amide bonds. The molecule has 1 aromatic rings. The van der Waals surface area contributed by atoms with Gasteiger partial charge in [-0.15, -0.1) is 0 Å². The highest BCUT2D eigenvalue weighted by molar-refractivity contribution is 7.89. The van der Waals surface area contributed by atoms with Gasteiger partial charge in [-0.05, 0) is 93.2 Å². The SMILES string of the molecule is O=C(NCC1CCN(S(=O)(=O)c2ccc(Cl)cc2Cl)CC1)NC12CC3CC(CC(C3)C1)C2. The van der Waals surface area contributed by atoms with Gasteiger partial charge in [0.25, 0.3) is 0 Å². The van der Waals surface area contributed by atoms with Crippen LogP contribution in [-0.4, -0.2) is 43.9 Å². The molecule has 1 aliphatic heterocycles. The molecule has 1 heterocycles. The number of amides is 2. The van der Waals surface area contributed by atoms with Crippen LogP contribution >= 0.6 is 23.2 Å². The molecule has 32 heavy (non-hydrogen) atoms. The molecule has 0 unspecified atom stereocenters. The second kappa shape index (κ2) is 8.64. The Balaban J connectivity index is 1.11. The van der Waals surface area contributed by atoms with Crippen LogP contribution in [0.3, 0.4) is 0 Å². The zero-order valence-corrected chi connectivity index (χ0v) is 20.5. The Hall–Kier alpha value is -1.02. The Bertz CT molecular complexity index is 957. The molecule has 0 radical (unpaired) electrons. The lowest BCUT2D eigenvalue weighted by atomic mass is 9.53. The van der Waals surface area contributed by atoms with Crippen LogP contribution in [0.5, 0.6) is 0 Å². The molecule has 176 valence electrons. The van der Waals surface area contributed by atoms with Crippen molar-refractivity contribution in [1.29, 1.82) is 0 Å². The molecule has 6 nitrogen and oxygen atoms in total. The number of urea groups is 1. The standard InChI is InChI=1S/C23H31Cl2N3O3S/c24-19-1-2-21(20(25)10-19)32(30,31)28-5-3-15(4-6-28)14-26-22(29)27-23-11-16-7-17(12-23)9-18(8-16)13-23/h1-2,10,15-18H,3-9,11-14H2,(H2,26,27,29). The quantitative estimate of drug-likeness (QED) is 0.617. The van der Waals surface area contributed by atoms with Gasteiger partial charge in [0.05, 0.1) is 5.02 Å². The predicted octanol–water partition coefficient (Wildman–Crippen LogP) is 4.66. The first kappa shape index (κ1) is 22.8. The maximum absolute atomic E-state index is 13.0. The Morgan fingerprint density at radius 3 is 2.19 bits per heavy atom. The summed E-state index contributed by atoms with van der Waals surface area (Å²) in [5.41, 5.74) is 0.00806. The summed E-state index contributed by atoms with van der Waals surface area (Å²) in [7, 11) is -3.65. The fourth-order valence-corrected chi connectivity index (χ4v) is 9.18. The molecule has 0 aromatic heterocycles. The number of halogens is 2. The second-order valence-electron chi connectivity index (χ2n) is 10.5. The maximum atomic E-state index is 13.0. The zero-order valence-electron chi connectivity index (χ0n) is 18.2.